The topological polar surface area (TPSA) is 59.2 Å². The van der Waals surface area contributed by atoms with Crippen molar-refractivity contribution in [3.63, 3.8) is 0 Å². The Morgan fingerprint density at radius 3 is 2.48 bits per heavy atom. The van der Waals surface area contributed by atoms with Gasteiger partial charge < -0.3 is 9.32 Å². The minimum absolute atomic E-state index is 0.0374. The Morgan fingerprint density at radius 1 is 1.00 bits per heavy atom. The monoisotopic (exact) mass is 405 g/mol. The van der Waals surface area contributed by atoms with Crippen LogP contribution in [0.2, 0.25) is 5.02 Å². The van der Waals surface area contributed by atoms with Crippen LogP contribution in [0, 0.1) is 0 Å². The Kier molecular flexibility index (Phi) is 5.32. The van der Waals surface area contributed by atoms with Gasteiger partial charge >= 0.3 is 0 Å². The molecule has 0 spiro atoms. The minimum Gasteiger partial charge on any atom is -0.419 e. The predicted octanol–water partition coefficient (Wildman–Crippen LogP) is 5.59. The first-order chi connectivity index (χ1) is 14.0. The summed E-state index contributed by atoms with van der Waals surface area (Å²) in [5, 5.41) is 10.9. The van der Waals surface area contributed by atoms with Crippen LogP contribution in [0.25, 0.3) is 22.2 Å². The van der Waals surface area contributed by atoms with E-state index in [-0.39, 0.29) is 18.5 Å². The predicted molar refractivity (Wildman–Crippen MR) is 114 cm³/mol. The summed E-state index contributed by atoms with van der Waals surface area (Å²) < 4.78 is 5.79. The second-order valence-electron chi connectivity index (χ2n) is 7.07. The lowest BCUT2D eigenvalue weighted by atomic mass is 10.1. The van der Waals surface area contributed by atoms with Gasteiger partial charge in [0, 0.05) is 11.6 Å². The van der Waals surface area contributed by atoms with Crippen LogP contribution in [0.5, 0.6) is 0 Å². The molecule has 4 aromatic rings. The van der Waals surface area contributed by atoms with E-state index < -0.39 is 0 Å². The zero-order chi connectivity index (χ0) is 20.4. The molecular weight excluding hydrogens is 386 g/mol. The lowest BCUT2D eigenvalue weighted by molar-refractivity contribution is 0.0672. The zero-order valence-corrected chi connectivity index (χ0v) is 16.9. The Labute approximate surface area is 173 Å². The maximum absolute atomic E-state index is 13.2. The molecule has 0 radical (unpaired) electrons. The molecule has 6 heteroatoms. The molecule has 0 aliphatic carbocycles. The molecular formula is C23H20ClN3O2. The van der Waals surface area contributed by atoms with Gasteiger partial charge in [0.1, 0.15) is 0 Å². The summed E-state index contributed by atoms with van der Waals surface area (Å²) in [7, 11) is 0. The highest BCUT2D eigenvalue weighted by atomic mass is 35.5. The maximum Gasteiger partial charge on any atom is 0.254 e. The third-order valence-electron chi connectivity index (χ3n) is 4.76. The van der Waals surface area contributed by atoms with Gasteiger partial charge in [-0.25, -0.2) is 0 Å². The smallest absolute Gasteiger partial charge is 0.254 e. The van der Waals surface area contributed by atoms with Gasteiger partial charge in [-0.1, -0.05) is 54.1 Å². The van der Waals surface area contributed by atoms with Crippen molar-refractivity contribution in [2.75, 3.05) is 0 Å². The number of carbonyl (C=O) groups excluding carboxylic acids is 1. The number of hydrogen-bond acceptors (Lipinski definition) is 4. The Morgan fingerprint density at radius 2 is 1.72 bits per heavy atom. The Bertz CT molecular complexity index is 1170. The average Bonchev–Trinajstić information content (AvgIpc) is 3.20. The van der Waals surface area contributed by atoms with E-state index in [2.05, 4.69) is 10.2 Å². The number of nitrogens with zero attached hydrogens (tertiary/aromatic N) is 3. The molecule has 1 amide bonds. The maximum atomic E-state index is 13.2. The van der Waals surface area contributed by atoms with Gasteiger partial charge in [-0.05, 0) is 48.9 Å². The van der Waals surface area contributed by atoms with Crippen LogP contribution in [0.15, 0.2) is 71.1 Å². The number of benzene rings is 3. The second-order valence-corrected chi connectivity index (χ2v) is 7.48. The number of fused-ring (bicyclic) bond motifs is 1. The van der Waals surface area contributed by atoms with Crippen LogP contribution in [0.3, 0.4) is 0 Å². The number of halogens is 1. The summed E-state index contributed by atoms with van der Waals surface area (Å²) in [6.45, 7) is 4.15. The summed E-state index contributed by atoms with van der Waals surface area (Å²) in [6.07, 6.45) is 0. The van der Waals surface area contributed by atoms with Crippen molar-refractivity contribution < 1.29 is 9.21 Å². The van der Waals surface area contributed by atoms with Gasteiger partial charge in [-0.2, -0.15) is 0 Å². The molecule has 0 saturated heterocycles. The molecule has 0 aliphatic heterocycles. The van der Waals surface area contributed by atoms with Crippen LogP contribution < -0.4 is 0 Å². The number of aromatic nitrogens is 2. The van der Waals surface area contributed by atoms with E-state index in [1.165, 1.54) is 0 Å². The van der Waals surface area contributed by atoms with Crippen LogP contribution in [0.1, 0.15) is 30.1 Å². The number of carbonyl (C=O) groups is 1. The van der Waals surface area contributed by atoms with Crippen molar-refractivity contribution in [2.24, 2.45) is 0 Å². The van der Waals surface area contributed by atoms with Crippen molar-refractivity contribution in [3.8, 4) is 11.5 Å². The minimum atomic E-state index is -0.0803. The van der Waals surface area contributed by atoms with Gasteiger partial charge in [0.15, 0.2) is 0 Å². The van der Waals surface area contributed by atoms with Gasteiger partial charge in [-0.3, -0.25) is 4.79 Å². The molecule has 0 unspecified atom stereocenters. The molecule has 146 valence electrons. The summed E-state index contributed by atoms with van der Waals surface area (Å²) in [4.78, 5) is 14.9. The molecule has 4 rings (SSSR count). The molecule has 1 aromatic heterocycles. The van der Waals surface area contributed by atoms with Crippen molar-refractivity contribution in [1.82, 2.24) is 15.1 Å². The van der Waals surface area contributed by atoms with E-state index >= 15 is 0 Å². The summed E-state index contributed by atoms with van der Waals surface area (Å²) >= 11 is 6.21. The molecule has 0 saturated carbocycles. The molecule has 1 heterocycles. The number of hydrogen-bond donors (Lipinski definition) is 0. The molecule has 0 fully saturated rings. The Hall–Kier alpha value is -3.18. The second kappa shape index (κ2) is 8.05. The number of rotatable bonds is 5. The van der Waals surface area contributed by atoms with Crippen molar-refractivity contribution in [2.45, 2.75) is 26.4 Å². The van der Waals surface area contributed by atoms with E-state index in [1.54, 1.807) is 11.0 Å². The standard InChI is InChI=1S/C23H20ClN3O2/c1-15(2)27(23(28)18-12-11-16-7-3-4-8-17(16)13-18)14-21-25-26-22(29-21)19-9-5-6-10-20(19)24/h3-13,15H,14H2,1-2H3. The fraction of sp³-hybridized carbons (Fsp3) is 0.174. The molecule has 3 aromatic carbocycles. The highest BCUT2D eigenvalue weighted by Crippen LogP contribution is 2.27. The van der Waals surface area contributed by atoms with Crippen LogP contribution in [0.4, 0.5) is 0 Å². The van der Waals surface area contributed by atoms with Crippen LogP contribution >= 0.6 is 11.6 Å². The van der Waals surface area contributed by atoms with E-state index in [9.17, 15) is 4.79 Å². The van der Waals surface area contributed by atoms with Crippen LogP contribution in [-0.2, 0) is 6.54 Å². The van der Waals surface area contributed by atoms with E-state index in [1.807, 2.05) is 74.5 Å². The summed E-state index contributed by atoms with van der Waals surface area (Å²) in [6, 6.07) is 20.9. The largest absolute Gasteiger partial charge is 0.419 e. The van der Waals surface area contributed by atoms with E-state index in [0.29, 0.717) is 27.9 Å². The lowest BCUT2D eigenvalue weighted by Crippen LogP contribution is -2.36. The van der Waals surface area contributed by atoms with E-state index in [0.717, 1.165) is 10.8 Å². The summed E-state index contributed by atoms with van der Waals surface area (Å²) in [5.74, 6) is 0.624. The van der Waals surface area contributed by atoms with E-state index in [4.69, 9.17) is 16.0 Å². The molecule has 0 atom stereocenters. The highest BCUT2D eigenvalue weighted by Gasteiger charge is 2.22. The Balaban J connectivity index is 1.59. The van der Waals surface area contributed by atoms with Crippen molar-refractivity contribution in [3.05, 3.63) is 83.2 Å². The third-order valence-corrected chi connectivity index (χ3v) is 5.09. The molecule has 0 aliphatic rings. The first kappa shape index (κ1) is 19.2. The lowest BCUT2D eigenvalue weighted by Gasteiger charge is -2.25. The fourth-order valence-electron chi connectivity index (χ4n) is 3.18. The van der Waals surface area contributed by atoms with Crippen LogP contribution in [-0.4, -0.2) is 27.0 Å². The zero-order valence-electron chi connectivity index (χ0n) is 16.2. The van der Waals surface area contributed by atoms with Gasteiger partial charge in [0.25, 0.3) is 5.91 Å². The molecule has 0 N–H and O–H groups in total. The SMILES string of the molecule is CC(C)N(Cc1nnc(-c2ccccc2Cl)o1)C(=O)c1ccc2ccccc2c1. The van der Waals surface area contributed by atoms with Crippen molar-refractivity contribution >= 4 is 28.3 Å². The van der Waals surface area contributed by atoms with Crippen molar-refractivity contribution in [1.29, 1.82) is 0 Å². The number of amides is 1. The fourth-order valence-corrected chi connectivity index (χ4v) is 3.40. The van der Waals surface area contributed by atoms with Gasteiger partial charge in [0.2, 0.25) is 11.8 Å². The van der Waals surface area contributed by atoms with Gasteiger partial charge in [-0.15, -0.1) is 10.2 Å². The first-order valence-corrected chi connectivity index (χ1v) is 9.78. The van der Waals surface area contributed by atoms with Gasteiger partial charge in [0.05, 0.1) is 17.1 Å². The molecule has 0 bridgehead atoms. The molecule has 29 heavy (non-hydrogen) atoms. The molecule has 5 nitrogen and oxygen atoms in total. The normalized spacial score (nSPS) is 11.2. The quantitative estimate of drug-likeness (QED) is 0.434. The summed E-state index contributed by atoms with van der Waals surface area (Å²) in [5.41, 5.74) is 1.30. The first-order valence-electron chi connectivity index (χ1n) is 9.40. The highest BCUT2D eigenvalue weighted by molar-refractivity contribution is 6.33. The average molecular weight is 406 g/mol. The third kappa shape index (κ3) is 4.00.